The van der Waals surface area contributed by atoms with Gasteiger partial charge in [0.05, 0.1) is 12.3 Å². The van der Waals surface area contributed by atoms with Crippen molar-refractivity contribution in [3.63, 3.8) is 0 Å². The average Bonchev–Trinajstić information content (AvgIpc) is 3.34. The van der Waals surface area contributed by atoms with Gasteiger partial charge < -0.3 is 20.5 Å². The first-order valence-electron chi connectivity index (χ1n) is 11.1. The van der Waals surface area contributed by atoms with E-state index < -0.39 is 18.1 Å². The van der Waals surface area contributed by atoms with E-state index in [4.69, 9.17) is 9.84 Å². The summed E-state index contributed by atoms with van der Waals surface area (Å²) in [5, 5.41) is 14.5. The second kappa shape index (κ2) is 9.42. The van der Waals surface area contributed by atoms with Crippen LogP contribution >= 0.6 is 0 Å². The van der Waals surface area contributed by atoms with Crippen molar-refractivity contribution in [1.82, 2.24) is 10.6 Å². The van der Waals surface area contributed by atoms with Crippen LogP contribution in [0, 0.1) is 5.92 Å². The van der Waals surface area contributed by atoms with E-state index in [1.54, 1.807) is 6.92 Å². The van der Waals surface area contributed by atoms with Gasteiger partial charge in [-0.2, -0.15) is 0 Å². The Morgan fingerprint density at radius 3 is 2.28 bits per heavy atom. The molecule has 0 saturated heterocycles. The Bertz CT molecular complexity index is 975. The fraction of sp³-hybridized carbons (Fsp3) is 0.400. The zero-order valence-corrected chi connectivity index (χ0v) is 18.0. The first-order chi connectivity index (χ1) is 15.4. The number of benzene rings is 2. The molecule has 0 aliphatic heterocycles. The maximum Gasteiger partial charge on any atom is 0.407 e. The Morgan fingerprint density at radius 1 is 1.03 bits per heavy atom. The van der Waals surface area contributed by atoms with Gasteiger partial charge in [-0.05, 0) is 42.0 Å². The van der Waals surface area contributed by atoms with Gasteiger partial charge >= 0.3 is 12.1 Å². The summed E-state index contributed by atoms with van der Waals surface area (Å²) in [6.07, 6.45) is 1.49. The molecular weight excluding hydrogens is 408 g/mol. The minimum atomic E-state index is -0.961. The van der Waals surface area contributed by atoms with Crippen molar-refractivity contribution >= 4 is 18.0 Å². The molecular formula is C25H28N2O5. The predicted molar refractivity (Wildman–Crippen MR) is 119 cm³/mol. The van der Waals surface area contributed by atoms with Crippen LogP contribution in [0.3, 0.4) is 0 Å². The average molecular weight is 437 g/mol. The third kappa shape index (κ3) is 4.61. The number of nitrogens with one attached hydrogen (secondary N) is 2. The van der Waals surface area contributed by atoms with Gasteiger partial charge in [-0.3, -0.25) is 9.59 Å². The molecule has 0 spiro atoms. The molecule has 0 aromatic heterocycles. The SMILES string of the molecule is CC(CC(=O)O)NC(=O)C1CCCC1NC(=O)OCC1c2ccccc2-c2ccccc21. The number of carboxylic acids is 1. The first kappa shape index (κ1) is 21.9. The number of ether oxygens (including phenoxy) is 1. The summed E-state index contributed by atoms with van der Waals surface area (Å²) >= 11 is 0. The smallest absolute Gasteiger partial charge is 0.407 e. The van der Waals surface area contributed by atoms with Crippen molar-refractivity contribution < 1.29 is 24.2 Å². The van der Waals surface area contributed by atoms with Crippen LogP contribution in [0.1, 0.15) is 49.7 Å². The zero-order valence-electron chi connectivity index (χ0n) is 18.0. The van der Waals surface area contributed by atoms with Gasteiger partial charge in [-0.25, -0.2) is 4.79 Å². The van der Waals surface area contributed by atoms with Crippen LogP contribution in [0.4, 0.5) is 4.79 Å². The lowest BCUT2D eigenvalue weighted by atomic mass is 9.98. The predicted octanol–water partition coefficient (Wildman–Crippen LogP) is 3.67. The standard InChI is InChI=1S/C25H28N2O5/c1-15(13-23(28)29)26-24(30)20-11-6-12-22(20)27-25(31)32-14-21-18-9-4-2-7-16(18)17-8-3-5-10-19(17)21/h2-5,7-10,15,20-22H,6,11-14H2,1H3,(H,26,30)(H,27,31)(H,28,29). The summed E-state index contributed by atoms with van der Waals surface area (Å²) < 4.78 is 5.60. The Kier molecular flexibility index (Phi) is 6.44. The fourth-order valence-electron chi connectivity index (χ4n) is 4.90. The maximum absolute atomic E-state index is 12.6. The monoisotopic (exact) mass is 436 g/mol. The molecule has 32 heavy (non-hydrogen) atoms. The van der Waals surface area contributed by atoms with Gasteiger partial charge in [-0.15, -0.1) is 0 Å². The first-order valence-corrected chi connectivity index (χ1v) is 11.1. The van der Waals surface area contributed by atoms with Gasteiger partial charge in [-0.1, -0.05) is 55.0 Å². The molecule has 3 N–H and O–H groups in total. The van der Waals surface area contributed by atoms with E-state index >= 15 is 0 Å². The van der Waals surface area contributed by atoms with Gasteiger partial charge in [0.2, 0.25) is 5.91 Å². The lowest BCUT2D eigenvalue weighted by Gasteiger charge is -2.22. The molecule has 1 fully saturated rings. The highest BCUT2D eigenvalue weighted by Crippen LogP contribution is 2.44. The van der Waals surface area contributed by atoms with E-state index in [1.807, 2.05) is 24.3 Å². The molecule has 3 unspecified atom stereocenters. The number of rotatable bonds is 7. The maximum atomic E-state index is 12.6. The van der Waals surface area contributed by atoms with Crippen LogP contribution < -0.4 is 10.6 Å². The molecule has 0 heterocycles. The minimum absolute atomic E-state index is 0.0207. The van der Waals surface area contributed by atoms with Crippen molar-refractivity contribution in [3.8, 4) is 11.1 Å². The quantitative estimate of drug-likeness (QED) is 0.614. The number of alkyl carbamates (subject to hydrolysis) is 1. The van der Waals surface area contributed by atoms with Crippen LogP contribution in [-0.4, -0.2) is 41.8 Å². The van der Waals surface area contributed by atoms with Gasteiger partial charge in [0, 0.05) is 18.0 Å². The number of carbonyl (C=O) groups excluding carboxylic acids is 2. The number of carboxylic acid groups (broad SMARTS) is 1. The van der Waals surface area contributed by atoms with Crippen LogP contribution in [0.15, 0.2) is 48.5 Å². The molecule has 0 radical (unpaired) electrons. The fourth-order valence-corrected chi connectivity index (χ4v) is 4.90. The Morgan fingerprint density at radius 2 is 1.66 bits per heavy atom. The number of amides is 2. The number of hydrogen-bond acceptors (Lipinski definition) is 4. The molecule has 7 nitrogen and oxygen atoms in total. The molecule has 1 saturated carbocycles. The molecule has 3 atom stereocenters. The third-order valence-corrected chi connectivity index (χ3v) is 6.37. The number of aliphatic carboxylic acids is 1. The second-order valence-corrected chi connectivity index (χ2v) is 8.62. The summed E-state index contributed by atoms with van der Waals surface area (Å²) in [5.41, 5.74) is 4.62. The van der Waals surface area contributed by atoms with Crippen LogP contribution in [0.2, 0.25) is 0 Å². The van der Waals surface area contributed by atoms with E-state index in [-0.39, 0.29) is 36.8 Å². The summed E-state index contributed by atoms with van der Waals surface area (Å²) in [6.45, 7) is 1.88. The van der Waals surface area contributed by atoms with Gasteiger partial charge in [0.25, 0.3) is 0 Å². The second-order valence-electron chi connectivity index (χ2n) is 8.62. The molecule has 2 aliphatic rings. The van der Waals surface area contributed by atoms with Crippen LogP contribution in [0.5, 0.6) is 0 Å². The highest BCUT2D eigenvalue weighted by Gasteiger charge is 2.35. The largest absolute Gasteiger partial charge is 0.481 e. The number of hydrogen-bond donors (Lipinski definition) is 3. The minimum Gasteiger partial charge on any atom is -0.481 e. The van der Waals surface area contributed by atoms with Gasteiger partial charge in [0.15, 0.2) is 0 Å². The van der Waals surface area contributed by atoms with Crippen LogP contribution in [-0.2, 0) is 14.3 Å². The van der Waals surface area contributed by atoms with E-state index in [9.17, 15) is 14.4 Å². The molecule has 4 rings (SSSR count). The number of carbonyl (C=O) groups is 3. The van der Waals surface area contributed by atoms with Crippen molar-refractivity contribution in [2.45, 2.75) is 50.6 Å². The third-order valence-electron chi connectivity index (χ3n) is 6.37. The van der Waals surface area contributed by atoms with E-state index in [1.165, 1.54) is 11.1 Å². The summed E-state index contributed by atoms with van der Waals surface area (Å²) in [4.78, 5) is 36.0. The lowest BCUT2D eigenvalue weighted by Crippen LogP contribution is -2.46. The summed E-state index contributed by atoms with van der Waals surface area (Å²) in [5.74, 6) is -1.59. The van der Waals surface area contributed by atoms with E-state index in [0.29, 0.717) is 12.8 Å². The zero-order chi connectivity index (χ0) is 22.7. The van der Waals surface area contributed by atoms with Crippen LogP contribution in [0.25, 0.3) is 11.1 Å². The molecule has 2 aromatic rings. The summed E-state index contributed by atoms with van der Waals surface area (Å²) in [7, 11) is 0. The van der Waals surface area contributed by atoms with Crippen molar-refractivity contribution in [3.05, 3.63) is 59.7 Å². The Labute approximate surface area is 187 Å². The molecule has 2 aliphatic carbocycles. The molecule has 7 heteroatoms. The number of fused-ring (bicyclic) bond motifs is 3. The summed E-state index contributed by atoms with van der Waals surface area (Å²) in [6, 6.07) is 15.5. The van der Waals surface area contributed by atoms with E-state index in [2.05, 4.69) is 34.9 Å². The van der Waals surface area contributed by atoms with Crippen molar-refractivity contribution in [2.75, 3.05) is 6.61 Å². The highest BCUT2D eigenvalue weighted by molar-refractivity contribution is 5.82. The normalized spacial score (nSPS) is 20.2. The van der Waals surface area contributed by atoms with Crippen molar-refractivity contribution in [2.24, 2.45) is 5.92 Å². The highest BCUT2D eigenvalue weighted by atomic mass is 16.5. The molecule has 2 aromatic carbocycles. The lowest BCUT2D eigenvalue weighted by molar-refractivity contribution is -0.137. The Hall–Kier alpha value is -3.35. The topological polar surface area (TPSA) is 105 Å². The Balaban J connectivity index is 1.35. The molecule has 0 bridgehead atoms. The molecule has 168 valence electrons. The van der Waals surface area contributed by atoms with Gasteiger partial charge in [0.1, 0.15) is 6.61 Å². The molecule has 2 amide bonds. The van der Waals surface area contributed by atoms with E-state index in [0.717, 1.165) is 17.5 Å². The van der Waals surface area contributed by atoms with Crippen molar-refractivity contribution in [1.29, 1.82) is 0 Å².